The van der Waals surface area contributed by atoms with E-state index >= 15 is 0 Å². The number of nitrogens with zero attached hydrogens (tertiary/aromatic N) is 1. The molecule has 2 aromatic carbocycles. The Hall–Kier alpha value is -2.59. The summed E-state index contributed by atoms with van der Waals surface area (Å²) in [6, 6.07) is 20.2. The second kappa shape index (κ2) is 7.11. The van der Waals surface area contributed by atoms with E-state index in [1.54, 1.807) is 7.11 Å². The van der Waals surface area contributed by atoms with E-state index in [1.807, 2.05) is 48.5 Å². The summed E-state index contributed by atoms with van der Waals surface area (Å²) >= 11 is 0. The minimum Gasteiger partial charge on any atom is -0.497 e. The van der Waals surface area contributed by atoms with Crippen LogP contribution in [0.4, 0.5) is 0 Å². The van der Waals surface area contributed by atoms with Gasteiger partial charge in [0.2, 0.25) is 0 Å². The van der Waals surface area contributed by atoms with Gasteiger partial charge in [-0.2, -0.15) is 0 Å². The lowest BCUT2D eigenvalue weighted by Gasteiger charge is -2.13. The van der Waals surface area contributed by atoms with Crippen molar-refractivity contribution in [1.29, 1.82) is 0 Å². The Labute approximate surface area is 136 Å². The highest BCUT2D eigenvalue weighted by atomic mass is 16.5. The van der Waals surface area contributed by atoms with Gasteiger partial charge < -0.3 is 14.6 Å². The summed E-state index contributed by atoms with van der Waals surface area (Å²) in [7, 11) is 1.67. The third-order valence-corrected chi connectivity index (χ3v) is 3.82. The van der Waals surface area contributed by atoms with Crippen molar-refractivity contribution in [2.75, 3.05) is 7.11 Å². The summed E-state index contributed by atoms with van der Waals surface area (Å²) in [5.41, 5.74) is 3.14. The van der Waals surface area contributed by atoms with Crippen LogP contribution in [0.2, 0.25) is 0 Å². The molecule has 118 valence electrons. The topological polar surface area (TPSA) is 47.3 Å². The third-order valence-electron chi connectivity index (χ3n) is 3.82. The Kier molecular flexibility index (Phi) is 4.74. The smallest absolute Gasteiger partial charge is 0.167 e. The van der Waals surface area contributed by atoms with Crippen molar-refractivity contribution >= 4 is 0 Å². The first-order valence-corrected chi connectivity index (χ1v) is 7.64. The largest absolute Gasteiger partial charge is 0.497 e. The Morgan fingerprint density at radius 2 is 1.83 bits per heavy atom. The summed E-state index contributed by atoms with van der Waals surface area (Å²) in [5.74, 6) is 1.66. The molecular formula is C19H20N2O2. The normalized spacial score (nSPS) is 12.1. The van der Waals surface area contributed by atoms with Gasteiger partial charge in [0.25, 0.3) is 0 Å². The number of hydrogen-bond acceptors (Lipinski definition) is 4. The van der Waals surface area contributed by atoms with Gasteiger partial charge in [-0.05, 0) is 24.6 Å². The number of methoxy groups -OCH3 is 1. The van der Waals surface area contributed by atoms with Crippen LogP contribution in [-0.2, 0) is 6.54 Å². The highest BCUT2D eigenvalue weighted by Gasteiger charge is 2.09. The van der Waals surface area contributed by atoms with Crippen LogP contribution in [-0.4, -0.2) is 12.3 Å². The summed E-state index contributed by atoms with van der Waals surface area (Å²) in [4.78, 5) is 0. The summed E-state index contributed by atoms with van der Waals surface area (Å²) in [6.45, 7) is 2.78. The van der Waals surface area contributed by atoms with Crippen molar-refractivity contribution in [3.63, 3.8) is 0 Å². The molecule has 23 heavy (non-hydrogen) atoms. The van der Waals surface area contributed by atoms with Gasteiger partial charge in [0.15, 0.2) is 5.76 Å². The molecule has 0 aliphatic rings. The van der Waals surface area contributed by atoms with E-state index in [9.17, 15) is 0 Å². The van der Waals surface area contributed by atoms with Crippen LogP contribution >= 0.6 is 0 Å². The van der Waals surface area contributed by atoms with Gasteiger partial charge in [0, 0.05) is 24.2 Å². The fraction of sp³-hybridized carbons (Fsp3) is 0.211. The maximum Gasteiger partial charge on any atom is 0.167 e. The minimum absolute atomic E-state index is 0.220. The molecule has 0 amide bonds. The van der Waals surface area contributed by atoms with E-state index in [0.29, 0.717) is 6.54 Å². The van der Waals surface area contributed by atoms with Gasteiger partial charge >= 0.3 is 0 Å². The Bertz CT molecular complexity index is 736. The SMILES string of the molecule is COc1ccc(C(C)NCc2cc(-c3ccccc3)on2)cc1. The molecule has 1 unspecified atom stereocenters. The predicted molar refractivity (Wildman–Crippen MR) is 90.2 cm³/mol. The Morgan fingerprint density at radius 1 is 1.09 bits per heavy atom. The van der Waals surface area contributed by atoms with Gasteiger partial charge in [-0.3, -0.25) is 0 Å². The first-order chi connectivity index (χ1) is 11.3. The van der Waals surface area contributed by atoms with Crippen molar-refractivity contribution in [3.05, 3.63) is 71.9 Å². The zero-order chi connectivity index (χ0) is 16.1. The van der Waals surface area contributed by atoms with E-state index in [-0.39, 0.29) is 6.04 Å². The van der Waals surface area contributed by atoms with Crippen molar-refractivity contribution in [2.24, 2.45) is 0 Å². The molecular weight excluding hydrogens is 288 g/mol. The molecule has 0 saturated heterocycles. The molecule has 4 heteroatoms. The second-order valence-corrected chi connectivity index (χ2v) is 5.42. The standard InChI is InChI=1S/C19H20N2O2/c1-14(15-8-10-18(22-2)11-9-15)20-13-17-12-19(23-21-17)16-6-4-3-5-7-16/h3-12,14,20H,13H2,1-2H3. The van der Waals surface area contributed by atoms with Gasteiger partial charge in [-0.15, -0.1) is 0 Å². The van der Waals surface area contributed by atoms with Crippen LogP contribution in [0.1, 0.15) is 24.2 Å². The van der Waals surface area contributed by atoms with Crippen LogP contribution in [0.25, 0.3) is 11.3 Å². The highest BCUT2D eigenvalue weighted by molar-refractivity contribution is 5.56. The van der Waals surface area contributed by atoms with Crippen LogP contribution < -0.4 is 10.1 Å². The molecule has 0 saturated carbocycles. The number of ether oxygens (including phenoxy) is 1. The van der Waals surface area contributed by atoms with E-state index in [4.69, 9.17) is 9.26 Å². The summed E-state index contributed by atoms with van der Waals surface area (Å²) in [6.07, 6.45) is 0. The molecule has 0 aliphatic heterocycles. The van der Waals surface area contributed by atoms with E-state index in [0.717, 1.165) is 22.8 Å². The minimum atomic E-state index is 0.220. The van der Waals surface area contributed by atoms with Gasteiger partial charge in [-0.1, -0.05) is 47.6 Å². The maximum absolute atomic E-state index is 5.41. The average molecular weight is 308 g/mol. The molecule has 1 N–H and O–H groups in total. The van der Waals surface area contributed by atoms with Crippen molar-refractivity contribution in [1.82, 2.24) is 10.5 Å². The number of benzene rings is 2. The average Bonchev–Trinajstić information content (AvgIpc) is 3.09. The molecule has 1 aromatic heterocycles. The third kappa shape index (κ3) is 3.79. The number of aromatic nitrogens is 1. The molecule has 3 aromatic rings. The number of hydrogen-bond donors (Lipinski definition) is 1. The number of rotatable bonds is 6. The summed E-state index contributed by atoms with van der Waals surface area (Å²) < 4.78 is 10.6. The lowest BCUT2D eigenvalue weighted by molar-refractivity contribution is 0.413. The highest BCUT2D eigenvalue weighted by Crippen LogP contribution is 2.21. The molecule has 0 radical (unpaired) electrons. The van der Waals surface area contributed by atoms with Crippen molar-refractivity contribution in [3.8, 4) is 17.1 Å². The second-order valence-electron chi connectivity index (χ2n) is 5.42. The maximum atomic E-state index is 5.41. The van der Waals surface area contributed by atoms with E-state index < -0.39 is 0 Å². The van der Waals surface area contributed by atoms with E-state index in [2.05, 4.69) is 29.5 Å². The summed E-state index contributed by atoms with van der Waals surface area (Å²) in [5, 5.41) is 7.58. The van der Waals surface area contributed by atoms with Crippen LogP contribution in [0.3, 0.4) is 0 Å². The molecule has 3 rings (SSSR count). The van der Waals surface area contributed by atoms with Crippen LogP contribution in [0.15, 0.2) is 65.2 Å². The molecule has 4 nitrogen and oxygen atoms in total. The first-order valence-electron chi connectivity index (χ1n) is 7.64. The molecule has 1 atom stereocenters. The van der Waals surface area contributed by atoms with E-state index in [1.165, 1.54) is 5.56 Å². The molecule has 0 spiro atoms. The monoisotopic (exact) mass is 308 g/mol. The lowest BCUT2D eigenvalue weighted by Crippen LogP contribution is -2.18. The predicted octanol–water partition coefficient (Wildman–Crippen LogP) is 4.20. The first kappa shape index (κ1) is 15.3. The van der Waals surface area contributed by atoms with Crippen molar-refractivity contribution < 1.29 is 9.26 Å². The molecule has 1 heterocycles. The molecule has 0 fully saturated rings. The van der Waals surface area contributed by atoms with Crippen LogP contribution in [0, 0.1) is 0 Å². The quantitative estimate of drug-likeness (QED) is 0.741. The molecule has 0 bridgehead atoms. The Balaban J connectivity index is 1.60. The van der Waals surface area contributed by atoms with Gasteiger partial charge in [0.05, 0.1) is 12.8 Å². The van der Waals surface area contributed by atoms with Crippen molar-refractivity contribution in [2.45, 2.75) is 19.5 Å². The fourth-order valence-corrected chi connectivity index (χ4v) is 2.40. The van der Waals surface area contributed by atoms with Gasteiger partial charge in [0.1, 0.15) is 5.75 Å². The van der Waals surface area contributed by atoms with Gasteiger partial charge in [-0.25, -0.2) is 0 Å². The lowest BCUT2D eigenvalue weighted by atomic mass is 10.1. The fourth-order valence-electron chi connectivity index (χ4n) is 2.40. The number of nitrogens with one attached hydrogen (secondary N) is 1. The zero-order valence-electron chi connectivity index (χ0n) is 13.3. The Morgan fingerprint density at radius 3 is 2.52 bits per heavy atom. The zero-order valence-corrected chi connectivity index (χ0v) is 13.3. The van der Waals surface area contributed by atoms with Crippen LogP contribution in [0.5, 0.6) is 5.75 Å². The molecule has 0 aliphatic carbocycles.